The van der Waals surface area contributed by atoms with Gasteiger partial charge in [0.1, 0.15) is 5.82 Å². The van der Waals surface area contributed by atoms with E-state index in [-0.39, 0.29) is 0 Å². The van der Waals surface area contributed by atoms with E-state index in [1.807, 2.05) is 13.2 Å². The summed E-state index contributed by atoms with van der Waals surface area (Å²) in [5.74, 6) is 1.63. The summed E-state index contributed by atoms with van der Waals surface area (Å²) in [6.07, 6.45) is 1.81. The van der Waals surface area contributed by atoms with Crippen molar-refractivity contribution < 1.29 is 0 Å². The molecule has 2 atom stereocenters. The third-order valence-corrected chi connectivity index (χ3v) is 4.17. The largest absolute Gasteiger partial charge is 0.357 e. The first kappa shape index (κ1) is 13.5. The van der Waals surface area contributed by atoms with Gasteiger partial charge in [-0.1, -0.05) is 0 Å². The number of piperazine rings is 1. The van der Waals surface area contributed by atoms with Crippen LogP contribution < -0.4 is 10.2 Å². The zero-order chi connectivity index (χ0) is 13.3. The van der Waals surface area contributed by atoms with Gasteiger partial charge in [-0.25, -0.2) is 4.98 Å². The van der Waals surface area contributed by atoms with Crippen molar-refractivity contribution >= 4 is 27.7 Å². The molecular weight excluding hydrogens is 294 g/mol. The van der Waals surface area contributed by atoms with Crippen LogP contribution >= 0.6 is 15.9 Å². The van der Waals surface area contributed by atoms with Gasteiger partial charge in [0.2, 0.25) is 5.95 Å². The monoisotopic (exact) mass is 313 g/mol. The number of halogens is 1. The highest BCUT2D eigenvalue weighted by Gasteiger charge is 2.28. The van der Waals surface area contributed by atoms with E-state index in [0.29, 0.717) is 18.0 Å². The smallest absolute Gasteiger partial charge is 0.224 e. The molecule has 1 aliphatic rings. The van der Waals surface area contributed by atoms with E-state index in [0.717, 1.165) is 23.4 Å². The third kappa shape index (κ3) is 2.59. The molecule has 0 saturated carbocycles. The van der Waals surface area contributed by atoms with Crippen LogP contribution in [0.2, 0.25) is 0 Å². The zero-order valence-corrected chi connectivity index (χ0v) is 12.9. The van der Waals surface area contributed by atoms with Gasteiger partial charge in [-0.2, -0.15) is 4.98 Å². The Morgan fingerprint density at radius 2 is 1.94 bits per heavy atom. The predicted molar refractivity (Wildman–Crippen MR) is 78.2 cm³/mol. The van der Waals surface area contributed by atoms with Gasteiger partial charge in [0.05, 0.1) is 4.47 Å². The molecule has 1 N–H and O–H groups in total. The van der Waals surface area contributed by atoms with Crippen molar-refractivity contribution in [3.8, 4) is 0 Å². The first-order valence-electron chi connectivity index (χ1n) is 6.20. The van der Waals surface area contributed by atoms with E-state index in [1.165, 1.54) is 0 Å². The van der Waals surface area contributed by atoms with Crippen molar-refractivity contribution in [1.82, 2.24) is 14.9 Å². The quantitative estimate of drug-likeness (QED) is 0.902. The number of aromatic nitrogens is 2. The van der Waals surface area contributed by atoms with Crippen LogP contribution in [-0.4, -0.2) is 54.1 Å². The molecule has 2 rings (SSSR count). The minimum Gasteiger partial charge on any atom is -0.357 e. The van der Waals surface area contributed by atoms with Crippen LogP contribution in [-0.2, 0) is 0 Å². The molecule has 1 aliphatic heterocycles. The van der Waals surface area contributed by atoms with Gasteiger partial charge < -0.3 is 10.2 Å². The number of rotatable bonds is 2. The topological polar surface area (TPSA) is 44.3 Å². The number of anilines is 2. The van der Waals surface area contributed by atoms with Crippen LogP contribution in [0.3, 0.4) is 0 Å². The molecule has 1 aromatic rings. The van der Waals surface area contributed by atoms with Crippen LogP contribution in [0.5, 0.6) is 0 Å². The van der Waals surface area contributed by atoms with Crippen molar-refractivity contribution in [1.29, 1.82) is 0 Å². The van der Waals surface area contributed by atoms with E-state index < -0.39 is 0 Å². The third-order valence-electron chi connectivity index (χ3n) is 3.61. The normalized spacial score (nSPS) is 25.3. The molecule has 5 nitrogen and oxygen atoms in total. The maximum Gasteiger partial charge on any atom is 0.224 e. The molecule has 1 saturated heterocycles. The molecule has 0 spiro atoms. The van der Waals surface area contributed by atoms with Crippen molar-refractivity contribution in [3.05, 3.63) is 10.7 Å². The van der Waals surface area contributed by atoms with Crippen LogP contribution in [0.4, 0.5) is 11.8 Å². The van der Waals surface area contributed by atoms with Crippen molar-refractivity contribution in [2.45, 2.75) is 25.9 Å². The Kier molecular flexibility index (Phi) is 4.07. The van der Waals surface area contributed by atoms with Crippen LogP contribution in [0.25, 0.3) is 0 Å². The standard InChI is InChI=1S/C12H20BrN5/c1-8-6-18(7-9(2)17(8)4)11-10(13)5-15-12(14-3)16-11/h5,8-9H,6-7H2,1-4H3,(H,14,15,16). The van der Waals surface area contributed by atoms with Gasteiger partial charge in [-0.15, -0.1) is 0 Å². The van der Waals surface area contributed by atoms with Gasteiger partial charge in [-0.3, -0.25) is 4.90 Å². The summed E-state index contributed by atoms with van der Waals surface area (Å²) in [6.45, 7) is 6.46. The average molecular weight is 314 g/mol. The fraction of sp³-hybridized carbons (Fsp3) is 0.667. The second-order valence-electron chi connectivity index (χ2n) is 4.88. The highest BCUT2D eigenvalue weighted by atomic mass is 79.9. The molecule has 0 aromatic carbocycles. The molecule has 100 valence electrons. The number of hydrogen-bond donors (Lipinski definition) is 1. The average Bonchev–Trinajstić information content (AvgIpc) is 2.36. The first-order valence-corrected chi connectivity index (χ1v) is 6.99. The molecule has 1 aromatic heterocycles. The number of nitrogens with one attached hydrogen (secondary N) is 1. The molecule has 0 bridgehead atoms. The fourth-order valence-corrected chi connectivity index (χ4v) is 2.72. The van der Waals surface area contributed by atoms with Gasteiger partial charge in [0.25, 0.3) is 0 Å². The zero-order valence-electron chi connectivity index (χ0n) is 11.3. The van der Waals surface area contributed by atoms with Gasteiger partial charge in [-0.05, 0) is 36.8 Å². The predicted octanol–water partition coefficient (Wildman–Crippen LogP) is 1.81. The molecule has 6 heteroatoms. The van der Waals surface area contributed by atoms with E-state index in [2.05, 4.69) is 61.9 Å². The van der Waals surface area contributed by atoms with E-state index in [1.54, 1.807) is 0 Å². The highest BCUT2D eigenvalue weighted by molar-refractivity contribution is 9.10. The molecule has 1 fully saturated rings. The maximum atomic E-state index is 4.55. The summed E-state index contributed by atoms with van der Waals surface area (Å²) in [6, 6.07) is 1.04. The highest BCUT2D eigenvalue weighted by Crippen LogP contribution is 2.27. The molecule has 18 heavy (non-hydrogen) atoms. The lowest BCUT2D eigenvalue weighted by atomic mass is 10.1. The SMILES string of the molecule is CNc1ncc(Br)c(N2CC(C)N(C)C(C)C2)n1. The Labute approximate surface area is 117 Å². The molecular formula is C12H20BrN5. The summed E-state index contributed by atoms with van der Waals surface area (Å²) in [7, 11) is 4.02. The Bertz CT molecular complexity index is 413. The Morgan fingerprint density at radius 1 is 1.33 bits per heavy atom. The fourth-order valence-electron chi connectivity index (χ4n) is 2.28. The minimum atomic E-state index is 0.522. The van der Waals surface area contributed by atoms with E-state index in [9.17, 15) is 0 Å². The summed E-state index contributed by atoms with van der Waals surface area (Å²) < 4.78 is 0.949. The summed E-state index contributed by atoms with van der Waals surface area (Å²) in [5.41, 5.74) is 0. The van der Waals surface area contributed by atoms with Gasteiger partial charge in [0, 0.05) is 38.4 Å². The Balaban J connectivity index is 2.26. The van der Waals surface area contributed by atoms with Crippen molar-refractivity contribution in [2.75, 3.05) is 37.4 Å². The van der Waals surface area contributed by atoms with Crippen LogP contribution in [0.1, 0.15) is 13.8 Å². The molecule has 0 radical (unpaired) electrons. The Hall–Kier alpha value is -0.880. The minimum absolute atomic E-state index is 0.522. The Morgan fingerprint density at radius 3 is 2.50 bits per heavy atom. The summed E-state index contributed by atoms with van der Waals surface area (Å²) in [5, 5.41) is 2.98. The van der Waals surface area contributed by atoms with Gasteiger partial charge >= 0.3 is 0 Å². The maximum absolute atomic E-state index is 4.55. The second kappa shape index (κ2) is 5.40. The first-order chi connectivity index (χ1) is 8.52. The number of nitrogens with zero attached hydrogens (tertiary/aromatic N) is 4. The van der Waals surface area contributed by atoms with E-state index >= 15 is 0 Å². The van der Waals surface area contributed by atoms with Crippen LogP contribution in [0, 0.1) is 0 Å². The lowest BCUT2D eigenvalue weighted by Crippen LogP contribution is -2.55. The molecule has 2 heterocycles. The van der Waals surface area contributed by atoms with E-state index in [4.69, 9.17) is 0 Å². The van der Waals surface area contributed by atoms with Crippen LogP contribution in [0.15, 0.2) is 10.7 Å². The summed E-state index contributed by atoms with van der Waals surface area (Å²) in [4.78, 5) is 13.5. The molecule has 0 amide bonds. The molecule has 0 aliphatic carbocycles. The summed E-state index contributed by atoms with van der Waals surface area (Å²) >= 11 is 3.54. The lowest BCUT2D eigenvalue weighted by Gasteiger charge is -2.43. The lowest BCUT2D eigenvalue weighted by molar-refractivity contribution is 0.169. The molecule has 2 unspecified atom stereocenters. The number of likely N-dealkylation sites (N-methyl/N-ethyl adjacent to an activating group) is 1. The van der Waals surface area contributed by atoms with Gasteiger partial charge in [0.15, 0.2) is 0 Å². The number of hydrogen-bond acceptors (Lipinski definition) is 5. The van der Waals surface area contributed by atoms with Crippen molar-refractivity contribution in [3.63, 3.8) is 0 Å². The second-order valence-corrected chi connectivity index (χ2v) is 5.74. The van der Waals surface area contributed by atoms with Crippen molar-refractivity contribution in [2.24, 2.45) is 0 Å².